The van der Waals surface area contributed by atoms with Gasteiger partial charge in [-0.05, 0) is 42.2 Å². The fourth-order valence-electron chi connectivity index (χ4n) is 5.36. The number of dihydropyridines is 1. The molecule has 224 valence electrons. The lowest BCUT2D eigenvalue weighted by molar-refractivity contribution is -0.277. The summed E-state index contributed by atoms with van der Waals surface area (Å²) in [5.74, 6) is -2.22. The molecule has 6 atom stereocenters. The Morgan fingerprint density at radius 2 is 1.71 bits per heavy atom. The highest BCUT2D eigenvalue weighted by Gasteiger charge is 2.46. The van der Waals surface area contributed by atoms with Crippen LogP contribution in [-0.2, 0) is 17.8 Å². The first-order chi connectivity index (χ1) is 20.1. The summed E-state index contributed by atoms with van der Waals surface area (Å²) in [7, 11) is 1.28. The van der Waals surface area contributed by atoms with Gasteiger partial charge in [-0.15, -0.1) is 0 Å². The molecule has 1 fully saturated rings. The van der Waals surface area contributed by atoms with Crippen molar-refractivity contribution in [2.24, 2.45) is 5.73 Å². The van der Waals surface area contributed by atoms with Crippen LogP contribution in [0.2, 0.25) is 0 Å². The van der Waals surface area contributed by atoms with Gasteiger partial charge in [0, 0.05) is 29.0 Å². The summed E-state index contributed by atoms with van der Waals surface area (Å²) < 4.78 is 16.6. The van der Waals surface area contributed by atoms with Gasteiger partial charge in [0.25, 0.3) is 0 Å². The number of aliphatic hydroxyl groups is 5. The first kappa shape index (κ1) is 29.7. The Kier molecular flexibility index (Phi) is 8.35. The average molecular weight is 585 g/mol. The number of aromatic hydroxyl groups is 1. The van der Waals surface area contributed by atoms with Gasteiger partial charge < -0.3 is 55.9 Å². The van der Waals surface area contributed by atoms with Crippen LogP contribution in [0.1, 0.15) is 49.4 Å². The predicted molar refractivity (Wildman–Crippen MR) is 145 cm³/mol. The second kappa shape index (κ2) is 11.8. The van der Waals surface area contributed by atoms with Crippen molar-refractivity contribution in [3.05, 3.63) is 75.5 Å². The fourth-order valence-corrected chi connectivity index (χ4v) is 5.36. The monoisotopic (exact) mass is 584 g/mol. The van der Waals surface area contributed by atoms with Crippen LogP contribution >= 0.6 is 0 Å². The first-order valence-electron chi connectivity index (χ1n) is 13.3. The lowest BCUT2D eigenvalue weighted by atomic mass is 9.79. The molecule has 5 rings (SSSR count). The molecular formula is C29H32N2O11. The molecule has 2 heterocycles. The Balaban J connectivity index is 1.55. The van der Waals surface area contributed by atoms with Gasteiger partial charge in [0.2, 0.25) is 12.1 Å². The zero-order valence-corrected chi connectivity index (χ0v) is 22.6. The Hall–Kier alpha value is -3.82. The van der Waals surface area contributed by atoms with E-state index in [1.165, 1.54) is 25.3 Å². The van der Waals surface area contributed by atoms with Crippen molar-refractivity contribution in [2.45, 2.75) is 56.3 Å². The van der Waals surface area contributed by atoms with Crippen LogP contribution in [0.5, 0.6) is 17.2 Å². The van der Waals surface area contributed by atoms with Crippen LogP contribution in [0.3, 0.4) is 0 Å². The summed E-state index contributed by atoms with van der Waals surface area (Å²) in [5, 5.41) is 64.4. The van der Waals surface area contributed by atoms with Crippen LogP contribution in [0.4, 0.5) is 0 Å². The third kappa shape index (κ3) is 5.16. The van der Waals surface area contributed by atoms with Gasteiger partial charge in [0.1, 0.15) is 41.7 Å². The second-order valence-electron chi connectivity index (χ2n) is 10.2. The molecule has 13 nitrogen and oxygen atoms in total. The third-order valence-electron chi connectivity index (χ3n) is 7.61. The molecule has 13 heteroatoms. The number of allylic oxidation sites excluding steroid dienone is 2. The molecule has 2 aromatic carbocycles. The van der Waals surface area contributed by atoms with Gasteiger partial charge in [-0.2, -0.15) is 0 Å². The van der Waals surface area contributed by atoms with E-state index in [0.29, 0.717) is 18.4 Å². The molecule has 0 aromatic heterocycles. The lowest BCUT2D eigenvalue weighted by Gasteiger charge is -2.40. The summed E-state index contributed by atoms with van der Waals surface area (Å²) in [6, 6.07) is 4.12. The molecule has 0 radical (unpaired) electrons. The van der Waals surface area contributed by atoms with Crippen molar-refractivity contribution in [3.63, 3.8) is 0 Å². The largest absolute Gasteiger partial charge is 0.507 e. The molecule has 3 aliphatic rings. The Morgan fingerprint density at radius 1 is 0.952 bits per heavy atom. The molecule has 0 saturated carbocycles. The number of nitrogens with two attached hydrogens (primary N) is 1. The van der Waals surface area contributed by atoms with Crippen molar-refractivity contribution in [3.8, 4) is 17.2 Å². The molecule has 0 bridgehead atoms. The number of hydrogen-bond acceptors (Lipinski definition) is 13. The lowest BCUT2D eigenvalue weighted by Crippen LogP contribution is -2.60. The van der Waals surface area contributed by atoms with Gasteiger partial charge in [0.05, 0.1) is 37.6 Å². The number of aliphatic hydroxyl groups excluding tert-OH is 5. The molecule has 6 unspecified atom stereocenters. The smallest absolute Gasteiger partial charge is 0.229 e. The quantitative estimate of drug-likeness (QED) is 0.161. The van der Waals surface area contributed by atoms with E-state index < -0.39 is 61.2 Å². The minimum atomic E-state index is -1.81. The summed E-state index contributed by atoms with van der Waals surface area (Å²) in [4.78, 5) is 27.8. The summed E-state index contributed by atoms with van der Waals surface area (Å²) in [6.45, 7) is -1.39. The number of methoxy groups -OCH3 is 1. The van der Waals surface area contributed by atoms with Gasteiger partial charge >= 0.3 is 0 Å². The van der Waals surface area contributed by atoms with E-state index in [1.807, 2.05) is 6.08 Å². The first-order valence-corrected chi connectivity index (χ1v) is 13.3. The van der Waals surface area contributed by atoms with Gasteiger partial charge in [-0.3, -0.25) is 9.59 Å². The fraction of sp³-hybridized carbons (Fsp3) is 0.379. The van der Waals surface area contributed by atoms with Crippen LogP contribution < -0.4 is 20.5 Å². The van der Waals surface area contributed by atoms with E-state index in [9.17, 15) is 40.2 Å². The normalized spacial score (nSPS) is 26.7. The highest BCUT2D eigenvalue weighted by molar-refractivity contribution is 6.31. The molecule has 0 spiro atoms. The highest BCUT2D eigenvalue weighted by atomic mass is 16.7. The Labute approximate surface area is 240 Å². The number of ether oxygens (including phenoxy) is 3. The van der Waals surface area contributed by atoms with Crippen LogP contribution in [-0.4, -0.2) is 92.8 Å². The zero-order valence-electron chi connectivity index (χ0n) is 22.6. The van der Waals surface area contributed by atoms with Crippen molar-refractivity contribution in [2.75, 3.05) is 13.7 Å². The molecule has 1 aliphatic carbocycles. The minimum absolute atomic E-state index is 0.00228. The standard InChI is InChI=1S/C29H32N2O11/c1-40-17-8-18(41-29-28(39)27(38)25(36)19(11-33)42-29)23-22(15(17)10-32)24(35)14-6-13(7-16(34)21(14)26(23)37)3-2-12-4-5-20(30)31-9-12/h4-9,19-20,25,27-29,31-34,36,38-39H,2-3,10-11,30H2,1H3. The Bertz CT molecular complexity index is 1470. The zero-order chi connectivity index (χ0) is 30.3. The van der Waals surface area contributed by atoms with Gasteiger partial charge in [-0.1, -0.05) is 6.08 Å². The number of nitrogens with one attached hydrogen (secondary N) is 1. The number of rotatable bonds is 8. The summed E-state index contributed by atoms with van der Waals surface area (Å²) in [6.07, 6.45) is -2.03. The van der Waals surface area contributed by atoms with E-state index in [1.54, 1.807) is 12.3 Å². The average Bonchev–Trinajstić information content (AvgIpc) is 2.98. The number of ketones is 2. The molecule has 42 heavy (non-hydrogen) atoms. The van der Waals surface area contributed by atoms with Crippen molar-refractivity contribution in [1.82, 2.24) is 5.32 Å². The maximum absolute atomic E-state index is 13.9. The van der Waals surface area contributed by atoms with E-state index in [4.69, 9.17) is 19.9 Å². The third-order valence-corrected chi connectivity index (χ3v) is 7.61. The van der Waals surface area contributed by atoms with Gasteiger partial charge in [-0.25, -0.2) is 0 Å². The van der Waals surface area contributed by atoms with Crippen LogP contribution in [0, 0.1) is 0 Å². The minimum Gasteiger partial charge on any atom is -0.507 e. The molecule has 1 saturated heterocycles. The van der Waals surface area contributed by atoms with Crippen molar-refractivity contribution in [1.29, 1.82) is 0 Å². The number of phenolic OH excluding ortho intramolecular Hbond substituents is 1. The Morgan fingerprint density at radius 3 is 2.36 bits per heavy atom. The number of fused-ring (bicyclic) bond motifs is 2. The SMILES string of the molecule is COc1cc(OC2OC(CO)C(O)C(O)C2O)c2c(c1CO)C(=O)c1cc(CCC3=CNC(N)C=C3)cc(O)c1C2=O. The number of phenols is 1. The number of aryl methyl sites for hydroxylation is 1. The number of carbonyl (C=O) groups excluding carboxylic acids is 2. The molecular weight excluding hydrogens is 552 g/mol. The predicted octanol–water partition coefficient (Wildman–Crippen LogP) is -0.892. The molecule has 0 amide bonds. The number of benzene rings is 2. The maximum Gasteiger partial charge on any atom is 0.229 e. The number of hydrogen-bond donors (Lipinski definition) is 8. The second-order valence-corrected chi connectivity index (χ2v) is 10.2. The van der Waals surface area contributed by atoms with Crippen LogP contribution in [0.15, 0.2) is 42.1 Å². The van der Waals surface area contributed by atoms with Crippen molar-refractivity contribution >= 4 is 11.6 Å². The van der Waals surface area contributed by atoms with E-state index in [2.05, 4.69) is 5.32 Å². The number of carbonyl (C=O) groups is 2. The van der Waals surface area contributed by atoms with Crippen molar-refractivity contribution < 1.29 is 54.4 Å². The molecule has 9 N–H and O–H groups in total. The van der Waals surface area contributed by atoms with E-state index in [0.717, 1.165) is 5.57 Å². The molecule has 2 aromatic rings. The summed E-state index contributed by atoms with van der Waals surface area (Å²) in [5.41, 5.74) is 6.43. The highest BCUT2D eigenvalue weighted by Crippen LogP contribution is 2.43. The van der Waals surface area contributed by atoms with Crippen LogP contribution in [0.25, 0.3) is 0 Å². The van der Waals surface area contributed by atoms with E-state index in [-0.39, 0.29) is 45.5 Å². The molecule has 2 aliphatic heterocycles. The van der Waals surface area contributed by atoms with E-state index >= 15 is 0 Å². The maximum atomic E-state index is 13.9. The topological polar surface area (TPSA) is 221 Å². The summed E-state index contributed by atoms with van der Waals surface area (Å²) >= 11 is 0. The van der Waals surface area contributed by atoms with Gasteiger partial charge in [0.15, 0.2) is 5.78 Å².